The summed E-state index contributed by atoms with van der Waals surface area (Å²) in [6, 6.07) is 10.2. The van der Waals surface area contributed by atoms with Crippen molar-refractivity contribution in [3.63, 3.8) is 0 Å². The third kappa shape index (κ3) is 4.29. The summed E-state index contributed by atoms with van der Waals surface area (Å²) in [6.45, 7) is 3.25. The zero-order valence-corrected chi connectivity index (χ0v) is 14.4. The van der Waals surface area contributed by atoms with Crippen molar-refractivity contribution in [3.8, 4) is 0 Å². The number of amides is 1. The van der Waals surface area contributed by atoms with Crippen molar-refractivity contribution >= 4 is 34.7 Å². The van der Waals surface area contributed by atoms with Crippen LogP contribution in [0.15, 0.2) is 41.8 Å². The number of carboxylic acid groups (broad SMARTS) is 1. The van der Waals surface area contributed by atoms with Crippen LogP contribution in [0.5, 0.6) is 0 Å². The normalized spacial score (nSPS) is 11.1. The van der Waals surface area contributed by atoms with E-state index in [9.17, 15) is 19.5 Å². The highest BCUT2D eigenvalue weighted by Gasteiger charge is 2.29. The first-order valence-electron chi connectivity index (χ1n) is 7.51. The minimum Gasteiger partial charge on any atom is -0.481 e. The van der Waals surface area contributed by atoms with Crippen molar-refractivity contribution in [2.45, 2.75) is 32.1 Å². The maximum Gasteiger partial charge on any atom is 0.313 e. The Hall–Kier alpha value is -2.47. The summed E-state index contributed by atoms with van der Waals surface area (Å²) in [7, 11) is 0. The third-order valence-corrected chi connectivity index (χ3v) is 4.71. The molecule has 0 unspecified atom stereocenters. The molecule has 0 spiro atoms. The number of hydrogen-bond donors (Lipinski definition) is 2. The summed E-state index contributed by atoms with van der Waals surface area (Å²) in [4.78, 5) is 35.7. The van der Waals surface area contributed by atoms with Crippen molar-refractivity contribution in [1.82, 2.24) is 0 Å². The first-order chi connectivity index (χ1) is 11.3. The number of ketones is 1. The van der Waals surface area contributed by atoms with Crippen LogP contribution in [0.2, 0.25) is 0 Å². The quantitative estimate of drug-likeness (QED) is 0.749. The molecule has 1 aromatic heterocycles. The van der Waals surface area contributed by atoms with Crippen LogP contribution < -0.4 is 5.32 Å². The molecule has 0 aliphatic rings. The average molecular weight is 345 g/mol. The number of carboxylic acids is 1. The fourth-order valence-electron chi connectivity index (χ4n) is 2.10. The Morgan fingerprint density at radius 3 is 2.29 bits per heavy atom. The molecular weight excluding hydrogens is 326 g/mol. The molecule has 2 aromatic rings. The predicted molar refractivity (Wildman–Crippen MR) is 93.6 cm³/mol. The molecule has 24 heavy (non-hydrogen) atoms. The lowest BCUT2D eigenvalue weighted by Gasteiger charge is -2.19. The summed E-state index contributed by atoms with van der Waals surface area (Å²) in [5.41, 5.74) is 0.240. The molecule has 1 amide bonds. The van der Waals surface area contributed by atoms with Gasteiger partial charge in [-0.3, -0.25) is 14.4 Å². The van der Waals surface area contributed by atoms with Crippen LogP contribution >= 0.6 is 11.3 Å². The number of carbonyl (C=O) groups excluding carboxylic acids is 2. The third-order valence-electron chi connectivity index (χ3n) is 3.80. The number of anilines is 1. The van der Waals surface area contributed by atoms with E-state index in [0.717, 1.165) is 0 Å². The van der Waals surface area contributed by atoms with Gasteiger partial charge in [-0.25, -0.2) is 0 Å². The fraction of sp³-hybridized carbons (Fsp3) is 0.278. The van der Waals surface area contributed by atoms with Gasteiger partial charge in [0.25, 0.3) is 0 Å². The number of thiophene rings is 1. The molecule has 6 heteroatoms. The average Bonchev–Trinajstić information content (AvgIpc) is 3.07. The molecule has 0 saturated carbocycles. The van der Waals surface area contributed by atoms with Crippen molar-refractivity contribution in [1.29, 1.82) is 0 Å². The number of nitrogens with one attached hydrogen (secondary N) is 1. The lowest BCUT2D eigenvalue weighted by Crippen LogP contribution is -2.28. The largest absolute Gasteiger partial charge is 0.481 e. The van der Waals surface area contributed by atoms with Crippen molar-refractivity contribution < 1.29 is 19.5 Å². The second-order valence-electron chi connectivity index (χ2n) is 5.96. The Morgan fingerprint density at radius 1 is 1.08 bits per heavy atom. The number of Topliss-reactive ketones (excluding diaryl/α,β-unsaturated/α-hetero) is 1. The molecule has 5 nitrogen and oxygen atoms in total. The smallest absolute Gasteiger partial charge is 0.313 e. The van der Waals surface area contributed by atoms with Gasteiger partial charge in [0.15, 0.2) is 5.78 Å². The van der Waals surface area contributed by atoms with E-state index < -0.39 is 11.4 Å². The van der Waals surface area contributed by atoms with E-state index in [1.165, 1.54) is 11.3 Å². The molecule has 0 saturated heterocycles. The van der Waals surface area contributed by atoms with E-state index in [1.807, 2.05) is 5.38 Å². The molecule has 1 aromatic carbocycles. The minimum atomic E-state index is -0.990. The maximum atomic E-state index is 11.9. The summed E-state index contributed by atoms with van der Waals surface area (Å²) >= 11 is 1.36. The van der Waals surface area contributed by atoms with Gasteiger partial charge in [-0.15, -0.1) is 11.3 Å². The zero-order valence-electron chi connectivity index (χ0n) is 13.5. The first-order valence-corrected chi connectivity index (χ1v) is 8.39. The monoisotopic (exact) mass is 345 g/mol. The second kappa shape index (κ2) is 7.40. The van der Waals surface area contributed by atoms with Crippen LogP contribution in [-0.4, -0.2) is 22.8 Å². The van der Waals surface area contributed by atoms with Crippen molar-refractivity contribution in [3.05, 3.63) is 52.2 Å². The minimum absolute atomic E-state index is 0.0429. The molecule has 0 radical (unpaired) electrons. The lowest BCUT2D eigenvalue weighted by molar-refractivity contribution is -0.142. The standard InChI is InChI=1S/C18H19NO4S/c1-18(2,17(22)23)12-5-7-13(8-6-12)19-16(21)10-9-14(20)15-4-3-11-24-15/h3-8,11H,9-10H2,1-2H3,(H,19,21)(H,22,23). The van der Waals surface area contributed by atoms with Gasteiger partial charge in [0.05, 0.1) is 10.3 Å². The Morgan fingerprint density at radius 2 is 1.75 bits per heavy atom. The highest BCUT2D eigenvalue weighted by atomic mass is 32.1. The molecule has 0 atom stereocenters. The van der Waals surface area contributed by atoms with Crippen molar-refractivity contribution in [2.75, 3.05) is 5.32 Å². The molecule has 1 heterocycles. The molecular formula is C18H19NO4S. The van der Waals surface area contributed by atoms with E-state index in [0.29, 0.717) is 16.1 Å². The van der Waals surface area contributed by atoms with Gasteiger partial charge >= 0.3 is 5.97 Å². The first kappa shape index (κ1) is 17.9. The Balaban J connectivity index is 1.90. The molecule has 0 bridgehead atoms. The number of rotatable bonds is 7. The lowest BCUT2D eigenvalue weighted by atomic mass is 9.85. The summed E-state index contributed by atoms with van der Waals surface area (Å²) in [6.07, 6.45) is 0.273. The predicted octanol–water partition coefficient (Wildman–Crippen LogP) is 3.71. The Bertz CT molecular complexity index is 733. The van der Waals surface area contributed by atoms with E-state index in [1.54, 1.807) is 50.2 Å². The summed E-state index contributed by atoms with van der Waals surface area (Å²) < 4.78 is 0. The number of carbonyl (C=O) groups is 3. The topological polar surface area (TPSA) is 83.5 Å². The van der Waals surface area contributed by atoms with E-state index >= 15 is 0 Å². The van der Waals surface area contributed by atoms with Gasteiger partial charge in [-0.2, -0.15) is 0 Å². The van der Waals surface area contributed by atoms with Crippen LogP contribution in [0, 0.1) is 0 Å². The summed E-state index contributed by atoms with van der Waals surface area (Å²) in [5, 5.41) is 13.8. The van der Waals surface area contributed by atoms with Gasteiger partial charge < -0.3 is 10.4 Å². The molecule has 0 fully saturated rings. The van der Waals surface area contributed by atoms with Crippen LogP contribution in [0.1, 0.15) is 41.9 Å². The van der Waals surface area contributed by atoms with E-state index in [2.05, 4.69) is 5.32 Å². The van der Waals surface area contributed by atoms with Crippen LogP contribution in [-0.2, 0) is 15.0 Å². The molecule has 2 N–H and O–H groups in total. The van der Waals surface area contributed by atoms with Crippen molar-refractivity contribution in [2.24, 2.45) is 0 Å². The highest BCUT2D eigenvalue weighted by Crippen LogP contribution is 2.25. The SMILES string of the molecule is CC(C)(C(=O)O)c1ccc(NC(=O)CCC(=O)c2cccs2)cc1. The van der Waals surface area contributed by atoms with Gasteiger partial charge in [0.1, 0.15) is 0 Å². The Kier molecular flexibility index (Phi) is 5.51. The molecule has 0 aliphatic heterocycles. The van der Waals surface area contributed by atoms with Gasteiger partial charge in [0.2, 0.25) is 5.91 Å². The molecule has 2 rings (SSSR count). The summed E-state index contributed by atoms with van der Waals surface area (Å²) in [5.74, 6) is -1.20. The Labute approximate surface area is 144 Å². The molecule has 0 aliphatic carbocycles. The van der Waals surface area contributed by atoms with Gasteiger partial charge in [0, 0.05) is 18.5 Å². The number of hydrogen-bond acceptors (Lipinski definition) is 4. The fourth-order valence-corrected chi connectivity index (χ4v) is 2.80. The van der Waals surface area contributed by atoms with Crippen LogP contribution in [0.25, 0.3) is 0 Å². The van der Waals surface area contributed by atoms with Crippen LogP contribution in [0.4, 0.5) is 5.69 Å². The van der Waals surface area contributed by atoms with E-state index in [-0.39, 0.29) is 24.5 Å². The maximum absolute atomic E-state index is 11.9. The second-order valence-corrected chi connectivity index (χ2v) is 6.90. The molecule has 126 valence electrons. The van der Waals surface area contributed by atoms with E-state index in [4.69, 9.17) is 0 Å². The van der Waals surface area contributed by atoms with Gasteiger partial charge in [-0.1, -0.05) is 18.2 Å². The number of aliphatic carboxylic acids is 1. The van der Waals surface area contributed by atoms with Crippen LogP contribution in [0.3, 0.4) is 0 Å². The highest BCUT2D eigenvalue weighted by molar-refractivity contribution is 7.12. The number of benzene rings is 1. The van der Waals surface area contributed by atoms with Gasteiger partial charge in [-0.05, 0) is 43.0 Å². The zero-order chi connectivity index (χ0) is 17.7.